The lowest BCUT2D eigenvalue weighted by atomic mass is 10.3. The predicted octanol–water partition coefficient (Wildman–Crippen LogP) is 2.00. The van der Waals surface area contributed by atoms with Crippen LogP contribution in [0.3, 0.4) is 0 Å². The summed E-state index contributed by atoms with van der Waals surface area (Å²) >= 11 is 0. The molecule has 1 heterocycles. The van der Waals surface area contributed by atoms with Crippen molar-refractivity contribution in [2.24, 2.45) is 0 Å². The van der Waals surface area contributed by atoms with Gasteiger partial charge in [-0.3, -0.25) is 4.48 Å². The van der Waals surface area contributed by atoms with Crippen LogP contribution in [0, 0.1) is 0 Å². The minimum absolute atomic E-state index is 0.721. The minimum Gasteiger partial charge on any atom is -0.332 e. The van der Waals surface area contributed by atoms with Gasteiger partial charge in [-0.25, -0.2) is 0 Å². The van der Waals surface area contributed by atoms with Gasteiger partial charge in [-0.2, -0.15) is 0 Å². The van der Waals surface area contributed by atoms with E-state index in [0.29, 0.717) is 0 Å². The van der Waals surface area contributed by atoms with Crippen LogP contribution in [0.25, 0.3) is 0 Å². The summed E-state index contributed by atoms with van der Waals surface area (Å²) in [7, 11) is 0. The summed E-state index contributed by atoms with van der Waals surface area (Å²) in [6.45, 7) is 11.1. The third-order valence-electron chi connectivity index (χ3n) is 3.10. The smallest absolute Gasteiger partial charge is 0.183 e. The summed E-state index contributed by atoms with van der Waals surface area (Å²) < 4.78 is 6.74. The van der Waals surface area contributed by atoms with Gasteiger partial charge < -0.3 is 4.74 Å². The van der Waals surface area contributed by atoms with Crippen LogP contribution in [0.4, 0.5) is 0 Å². The normalized spacial score (nSPS) is 22.0. The van der Waals surface area contributed by atoms with Gasteiger partial charge in [0.1, 0.15) is 0 Å². The summed E-state index contributed by atoms with van der Waals surface area (Å²) in [6, 6.07) is 0.721. The Bertz CT molecular complexity index is 128. The van der Waals surface area contributed by atoms with Crippen molar-refractivity contribution in [2.45, 2.75) is 39.7 Å². The average molecular weight is 172 g/mol. The van der Waals surface area contributed by atoms with Crippen LogP contribution in [0.5, 0.6) is 0 Å². The van der Waals surface area contributed by atoms with Gasteiger partial charge in [0.2, 0.25) is 0 Å². The van der Waals surface area contributed by atoms with Crippen LogP contribution in [0.2, 0.25) is 0 Å². The monoisotopic (exact) mass is 172 g/mol. The highest BCUT2D eigenvalue weighted by Crippen LogP contribution is 2.23. The van der Waals surface area contributed by atoms with E-state index in [1.165, 1.54) is 30.4 Å². The molecule has 72 valence electrons. The molecule has 1 aliphatic heterocycles. The summed E-state index contributed by atoms with van der Waals surface area (Å²) in [4.78, 5) is 0. The highest BCUT2D eigenvalue weighted by Gasteiger charge is 2.34. The zero-order valence-corrected chi connectivity index (χ0v) is 8.68. The lowest BCUT2D eigenvalue weighted by molar-refractivity contribution is -0.954. The van der Waals surface area contributed by atoms with Crippen molar-refractivity contribution in [3.05, 3.63) is 0 Å². The summed E-state index contributed by atoms with van der Waals surface area (Å²) in [5.41, 5.74) is 0. The first-order chi connectivity index (χ1) is 5.71. The van der Waals surface area contributed by atoms with Crippen LogP contribution in [0.1, 0.15) is 33.6 Å². The van der Waals surface area contributed by atoms with E-state index < -0.39 is 0 Å². The second-order valence-electron chi connectivity index (χ2n) is 4.09. The van der Waals surface area contributed by atoms with Crippen molar-refractivity contribution >= 4 is 0 Å². The van der Waals surface area contributed by atoms with Gasteiger partial charge in [0.05, 0.1) is 19.1 Å². The van der Waals surface area contributed by atoms with E-state index in [4.69, 9.17) is 4.74 Å². The summed E-state index contributed by atoms with van der Waals surface area (Å²) in [5, 5.41) is 0. The molecular weight excluding hydrogens is 150 g/mol. The fourth-order valence-electron chi connectivity index (χ4n) is 2.03. The molecule has 0 aromatic carbocycles. The van der Waals surface area contributed by atoms with E-state index in [1.807, 2.05) is 0 Å². The molecule has 2 nitrogen and oxygen atoms in total. The molecule has 0 aromatic rings. The lowest BCUT2D eigenvalue weighted by Gasteiger charge is -2.37. The van der Waals surface area contributed by atoms with Crippen LogP contribution in [-0.2, 0) is 4.74 Å². The van der Waals surface area contributed by atoms with Gasteiger partial charge in [-0.15, -0.1) is 0 Å². The zero-order valence-electron chi connectivity index (χ0n) is 8.68. The second kappa shape index (κ2) is 4.24. The summed E-state index contributed by atoms with van der Waals surface area (Å²) in [5.74, 6) is 0. The minimum atomic E-state index is 0.721. The van der Waals surface area contributed by atoms with Crippen molar-refractivity contribution in [1.29, 1.82) is 0 Å². The maximum atomic E-state index is 5.55. The Morgan fingerprint density at radius 3 is 2.25 bits per heavy atom. The highest BCUT2D eigenvalue weighted by molar-refractivity contribution is 4.55. The molecule has 0 radical (unpaired) electrons. The van der Waals surface area contributed by atoms with Crippen molar-refractivity contribution < 1.29 is 9.22 Å². The predicted molar refractivity (Wildman–Crippen MR) is 50.9 cm³/mol. The first-order valence-corrected chi connectivity index (χ1v) is 5.15. The quantitative estimate of drug-likeness (QED) is 0.589. The fraction of sp³-hybridized carbons (Fsp3) is 1.00. The van der Waals surface area contributed by atoms with E-state index in [-0.39, 0.29) is 0 Å². The molecule has 0 bridgehead atoms. The topological polar surface area (TPSA) is 9.23 Å². The molecule has 0 atom stereocenters. The maximum absolute atomic E-state index is 5.55. The molecule has 0 N–H and O–H groups in total. The zero-order chi connectivity index (χ0) is 9.03. The molecule has 0 aliphatic carbocycles. The van der Waals surface area contributed by atoms with Crippen molar-refractivity contribution in [3.63, 3.8) is 0 Å². The van der Waals surface area contributed by atoms with Crippen molar-refractivity contribution in [3.8, 4) is 0 Å². The first-order valence-electron chi connectivity index (χ1n) is 5.15. The fourth-order valence-corrected chi connectivity index (χ4v) is 2.03. The molecule has 1 rings (SSSR count). The standard InChI is InChI=1S/C10H22NO/c1-4-12-9-11(10(2)3)7-5-6-8-11/h10H,4-9H2,1-3H3/q+1. The number of likely N-dealkylation sites (tertiary alicyclic amines) is 1. The Balaban J connectivity index is 2.47. The molecule has 2 heteroatoms. The van der Waals surface area contributed by atoms with E-state index >= 15 is 0 Å². The average Bonchev–Trinajstić information content (AvgIpc) is 2.50. The highest BCUT2D eigenvalue weighted by atomic mass is 16.5. The van der Waals surface area contributed by atoms with Gasteiger partial charge >= 0.3 is 0 Å². The Morgan fingerprint density at radius 2 is 1.83 bits per heavy atom. The number of hydrogen-bond donors (Lipinski definition) is 0. The molecule has 0 spiro atoms. The van der Waals surface area contributed by atoms with Crippen molar-refractivity contribution in [1.82, 2.24) is 0 Å². The number of quaternary nitrogens is 1. The van der Waals surface area contributed by atoms with Crippen LogP contribution >= 0.6 is 0 Å². The molecule has 1 saturated heterocycles. The second-order valence-corrected chi connectivity index (χ2v) is 4.09. The van der Waals surface area contributed by atoms with Crippen LogP contribution in [0.15, 0.2) is 0 Å². The van der Waals surface area contributed by atoms with E-state index in [1.54, 1.807) is 0 Å². The molecule has 1 fully saturated rings. The Kier molecular flexibility index (Phi) is 3.53. The molecule has 0 amide bonds. The number of nitrogens with zero attached hydrogens (tertiary/aromatic N) is 1. The van der Waals surface area contributed by atoms with Gasteiger partial charge in [0, 0.05) is 19.4 Å². The number of hydrogen-bond acceptors (Lipinski definition) is 1. The van der Waals surface area contributed by atoms with E-state index in [2.05, 4.69) is 20.8 Å². The van der Waals surface area contributed by atoms with Gasteiger partial charge in [0.15, 0.2) is 6.73 Å². The molecule has 12 heavy (non-hydrogen) atoms. The lowest BCUT2D eigenvalue weighted by Crippen LogP contribution is -2.52. The molecule has 1 aliphatic rings. The molecule has 0 unspecified atom stereocenters. The van der Waals surface area contributed by atoms with Crippen molar-refractivity contribution in [2.75, 3.05) is 26.4 Å². The number of ether oxygens (including phenoxy) is 1. The SMILES string of the molecule is CCOC[N+]1(C(C)C)CCCC1. The number of rotatable bonds is 4. The summed E-state index contributed by atoms with van der Waals surface area (Å²) in [6.07, 6.45) is 2.76. The van der Waals surface area contributed by atoms with Gasteiger partial charge in [0.25, 0.3) is 0 Å². The molecule has 0 saturated carbocycles. The van der Waals surface area contributed by atoms with Gasteiger partial charge in [-0.05, 0) is 20.8 Å². The first kappa shape index (κ1) is 10.0. The maximum Gasteiger partial charge on any atom is 0.183 e. The van der Waals surface area contributed by atoms with E-state index in [0.717, 1.165) is 19.4 Å². The third-order valence-corrected chi connectivity index (χ3v) is 3.10. The largest absolute Gasteiger partial charge is 0.332 e. The Labute approximate surface area is 76.1 Å². The molecular formula is C10H22NO+. The van der Waals surface area contributed by atoms with Gasteiger partial charge in [-0.1, -0.05) is 0 Å². The third kappa shape index (κ3) is 1.99. The Morgan fingerprint density at radius 1 is 1.25 bits per heavy atom. The Hall–Kier alpha value is -0.0800. The molecule has 0 aromatic heterocycles. The van der Waals surface area contributed by atoms with E-state index in [9.17, 15) is 0 Å². The van der Waals surface area contributed by atoms with Crippen LogP contribution in [-0.4, -0.2) is 37.0 Å². The van der Waals surface area contributed by atoms with Crippen LogP contribution < -0.4 is 0 Å².